The molecule has 634 valence electrons. The number of nitrogens with zero attached hydrogens (tertiary/aromatic N) is 16. The molecule has 0 atom stereocenters. The van der Waals surface area contributed by atoms with Gasteiger partial charge in [-0.15, -0.1) is 149 Å². The van der Waals surface area contributed by atoms with Crippen molar-refractivity contribution in [1.82, 2.24) is 77.2 Å². The maximum atomic E-state index is 5.11. The first-order valence-corrected chi connectivity index (χ1v) is 42.5. The van der Waals surface area contributed by atoms with Crippen LogP contribution >= 0.6 is 0 Å². The number of aromatic nitrogens is 16. The topological polar surface area (TPSA) is 158 Å². The molecule has 0 aliphatic heterocycles. The average Bonchev–Trinajstić information content (AvgIpc) is 1.58. The second-order valence-electron chi connectivity index (χ2n) is 31.6. The third-order valence-electron chi connectivity index (χ3n) is 23.9. The van der Waals surface area contributed by atoms with Crippen LogP contribution in [0.4, 0.5) is 0 Å². The van der Waals surface area contributed by atoms with Crippen molar-refractivity contribution in [3.63, 3.8) is 0 Å². The van der Waals surface area contributed by atoms with Gasteiger partial charge >= 0.3 is 63.2 Å². The van der Waals surface area contributed by atoms with Gasteiger partial charge in [-0.25, -0.2) is 0 Å². The van der Waals surface area contributed by atoms with Crippen LogP contribution in [0.3, 0.4) is 0 Å². The number of hydrogen-bond donors (Lipinski definition) is 0. The zero-order valence-electron chi connectivity index (χ0n) is 71.0. The van der Waals surface area contributed by atoms with E-state index in [4.69, 9.17) is 29.9 Å². The summed E-state index contributed by atoms with van der Waals surface area (Å²) in [4.78, 5) is 47.6. The molecule has 132 heavy (non-hydrogen) atoms. The van der Waals surface area contributed by atoms with Crippen molar-refractivity contribution >= 4 is 98.5 Å². The summed E-state index contributed by atoms with van der Waals surface area (Å²) in [5.41, 5.74) is 30.5. The van der Waals surface area contributed by atoms with E-state index < -0.39 is 0 Å². The Morgan fingerprint density at radius 2 is 0.598 bits per heavy atom. The molecule has 0 N–H and O–H groups in total. The Morgan fingerprint density at radius 3 is 1.08 bits per heavy atom. The van der Waals surface area contributed by atoms with Gasteiger partial charge < -0.3 is 37.4 Å². The van der Waals surface area contributed by atoms with E-state index in [2.05, 4.69) is 275 Å². The minimum Gasteiger partial charge on any atom is -0.367 e. The average molecular weight is 2240 g/mol. The number of aryl methyl sites for hydroxylation is 3. The largest absolute Gasteiger partial charge is 2.00 e. The summed E-state index contributed by atoms with van der Waals surface area (Å²) in [7, 11) is 6.17. The number of para-hydroxylation sites is 8. The molecule has 0 amide bonds. The SMILES string of the molecule is Cn1c(-c2[c-]c3c(cc2)c2ccccc2n3-c2[c-]c(-c3ccc(-c4ccccn4)cn3)ccc2)nc2ccccc21.Cn1c(-c2[c-]c3c(cc2)c2ccccc2n3-c2[c-]c(-c3cccc(-c4ccccn4)n3)ccc2)nc2ccccc21.Cn1c(-c2[c-]c3c(cc2-c2ccccn2)c2cc(-c4ccccn4)ccc2n3-c2[c-]c(-c3ccccn3)ccc2)nc2ccccc21.[Pt+2].[Pt+2].[Pt+2]. The Hall–Kier alpha value is -15.4. The Kier molecular flexibility index (Phi) is 23.3. The molecule has 0 aliphatic rings. The van der Waals surface area contributed by atoms with Crippen LogP contribution in [0.25, 0.3) is 229 Å². The van der Waals surface area contributed by atoms with Crippen molar-refractivity contribution in [1.29, 1.82) is 0 Å². The van der Waals surface area contributed by atoms with Crippen molar-refractivity contribution < 1.29 is 63.2 Å². The maximum Gasteiger partial charge on any atom is 2.00 e. The van der Waals surface area contributed by atoms with E-state index in [0.29, 0.717) is 0 Å². The summed E-state index contributed by atoms with van der Waals surface area (Å²) >= 11 is 0. The molecule has 0 saturated carbocycles. The summed E-state index contributed by atoms with van der Waals surface area (Å²) in [6.07, 6.45) is 10.9. The molecule has 25 rings (SSSR count). The molecule has 0 spiro atoms. The second kappa shape index (κ2) is 36.2. The fraction of sp³-hybridized carbons (Fsp3) is 0.0265. The Bertz CT molecular complexity index is 8610. The summed E-state index contributed by atoms with van der Waals surface area (Å²) in [5, 5.41) is 6.76. The van der Waals surface area contributed by atoms with Gasteiger partial charge in [0.25, 0.3) is 0 Å². The van der Waals surface area contributed by atoms with E-state index in [0.717, 1.165) is 218 Å². The number of fused-ring (bicyclic) bond motifs is 12. The summed E-state index contributed by atoms with van der Waals surface area (Å²) in [6, 6.07) is 140. The standard InChI is InChI=1S/C41H26N6.2C36H23N5.3Pt/c1-46-39-17-3-2-16-37(39)45-41(46)33-26-40-32(25-30(33)36-15-6-9-22-44-36)31-24-28(35-14-5-8-21-43-35)18-19-38(31)47(40)29-12-10-11-27(23-29)34-13-4-7-20-42-34;1-40-34-18-5-3-14-32(34)39-36(40)25-19-20-28-27-12-2-4-17-33(27)41(35(28)23-25)26-11-8-10-24(22-26)29-15-9-16-31(38-29)30-13-6-7-21-37-30;1-40-34-15-5-3-13-32(34)39-36(40)25-16-18-29-28-11-2-4-14-33(28)41(35(29)22-25)27-10-8-9-24(21-27)31-19-17-26(23-38-31)30-12-6-7-20-37-30;;;/h2-22,24-25H,1H3;2-21H,1H3;2-20,23H,1H3;;;/q3*-2;3*+2. The fourth-order valence-electron chi connectivity index (χ4n) is 17.7. The Morgan fingerprint density at radius 1 is 0.220 bits per heavy atom. The smallest absolute Gasteiger partial charge is 0.367 e. The van der Waals surface area contributed by atoms with Crippen LogP contribution in [0.15, 0.2) is 383 Å². The zero-order chi connectivity index (χ0) is 86.0. The normalized spacial score (nSPS) is 11.3. The van der Waals surface area contributed by atoms with Crippen LogP contribution in [-0.2, 0) is 84.3 Å². The van der Waals surface area contributed by atoms with Crippen LogP contribution < -0.4 is 0 Å². The fourth-order valence-corrected chi connectivity index (χ4v) is 17.7. The van der Waals surface area contributed by atoms with Gasteiger partial charge in [-0.3, -0.25) is 39.9 Å². The molecule has 0 fully saturated rings. The molecule has 0 aliphatic carbocycles. The Balaban J connectivity index is 0.000000122. The van der Waals surface area contributed by atoms with Gasteiger partial charge in [-0.1, -0.05) is 173 Å². The first kappa shape index (κ1) is 84.7. The maximum absolute atomic E-state index is 5.11. The molecule has 0 unspecified atom stereocenters. The van der Waals surface area contributed by atoms with Crippen molar-refractivity contribution in [2.75, 3.05) is 0 Å². The zero-order valence-corrected chi connectivity index (χ0v) is 77.8. The molecule has 0 bridgehead atoms. The van der Waals surface area contributed by atoms with Crippen LogP contribution in [0.2, 0.25) is 0 Å². The summed E-state index contributed by atoms with van der Waals surface area (Å²) in [5.74, 6) is 2.60. The van der Waals surface area contributed by atoms with Gasteiger partial charge in [-0.2, -0.15) is 0 Å². The van der Waals surface area contributed by atoms with Crippen LogP contribution in [0.1, 0.15) is 0 Å². The molecule has 0 saturated heterocycles. The van der Waals surface area contributed by atoms with Crippen molar-refractivity contribution in [2.24, 2.45) is 21.1 Å². The summed E-state index contributed by atoms with van der Waals surface area (Å²) < 4.78 is 13.1. The Labute approximate surface area is 802 Å². The molecule has 13 aromatic heterocycles. The van der Waals surface area contributed by atoms with E-state index in [1.165, 1.54) is 10.8 Å². The molecule has 12 aromatic carbocycles. The van der Waals surface area contributed by atoms with E-state index >= 15 is 0 Å². The van der Waals surface area contributed by atoms with E-state index in [1.807, 2.05) is 201 Å². The molecule has 13 heterocycles. The van der Waals surface area contributed by atoms with Gasteiger partial charge in [0.05, 0.1) is 73.3 Å². The minimum absolute atomic E-state index is 0. The first-order valence-electron chi connectivity index (χ1n) is 42.5. The van der Waals surface area contributed by atoms with Crippen molar-refractivity contribution in [3.8, 4) is 130 Å². The molecule has 19 heteroatoms. The van der Waals surface area contributed by atoms with Crippen molar-refractivity contribution in [2.45, 2.75) is 0 Å². The van der Waals surface area contributed by atoms with Gasteiger partial charge in [0.1, 0.15) is 0 Å². The van der Waals surface area contributed by atoms with E-state index in [-0.39, 0.29) is 63.2 Å². The predicted octanol–water partition coefficient (Wildman–Crippen LogP) is 25.2. The minimum atomic E-state index is 0. The number of benzene rings is 12. The first-order chi connectivity index (χ1) is 63.7. The number of pyridine rings is 7. The van der Waals surface area contributed by atoms with Gasteiger partial charge in [0.15, 0.2) is 0 Å². The monoisotopic (exact) mass is 2240 g/mol. The number of imidazole rings is 3. The number of hydrogen-bond acceptors (Lipinski definition) is 10. The van der Waals surface area contributed by atoms with Crippen LogP contribution in [0, 0.1) is 36.4 Å². The van der Waals surface area contributed by atoms with Gasteiger partial charge in [0, 0.05) is 91.7 Å². The van der Waals surface area contributed by atoms with Gasteiger partial charge in [0.2, 0.25) is 0 Å². The quantitative estimate of drug-likeness (QED) is 0.102. The predicted molar refractivity (Wildman–Crippen MR) is 517 cm³/mol. The van der Waals surface area contributed by atoms with Crippen molar-refractivity contribution in [3.05, 3.63) is 419 Å². The molecular formula is C113H72N16Pt3. The molecular weight excluding hydrogens is 2170 g/mol. The third kappa shape index (κ3) is 15.5. The second-order valence-corrected chi connectivity index (χ2v) is 31.6. The van der Waals surface area contributed by atoms with Crippen LogP contribution in [-0.4, -0.2) is 77.2 Å². The number of rotatable bonds is 13. The molecule has 0 radical (unpaired) electrons. The molecule has 16 nitrogen and oxygen atoms in total. The van der Waals surface area contributed by atoms with E-state index in [1.54, 1.807) is 12.4 Å². The van der Waals surface area contributed by atoms with Crippen LogP contribution in [0.5, 0.6) is 0 Å². The molecule has 25 aromatic rings. The summed E-state index contributed by atoms with van der Waals surface area (Å²) in [6.45, 7) is 0. The third-order valence-corrected chi connectivity index (χ3v) is 23.9. The van der Waals surface area contributed by atoms with Gasteiger partial charge in [-0.05, 0) is 182 Å². The van der Waals surface area contributed by atoms with E-state index in [9.17, 15) is 0 Å².